The Hall–Kier alpha value is 0.490. The SMILES string of the molecule is CNCC(O)C(O)C(O)C(O)CO.I. The number of likely N-dealkylation sites (N-methyl/N-ethyl adjacent to an activating group) is 1. The summed E-state index contributed by atoms with van der Waals surface area (Å²) in [5, 5.41) is 47.5. The van der Waals surface area contributed by atoms with Crippen molar-refractivity contribution in [3.63, 3.8) is 0 Å². The van der Waals surface area contributed by atoms with Crippen molar-refractivity contribution in [1.82, 2.24) is 5.32 Å². The van der Waals surface area contributed by atoms with Crippen LogP contribution in [-0.2, 0) is 0 Å². The number of hydrogen-bond acceptors (Lipinski definition) is 6. The number of aliphatic hydroxyl groups is 5. The molecule has 0 rings (SSSR count). The van der Waals surface area contributed by atoms with E-state index in [9.17, 15) is 5.11 Å². The van der Waals surface area contributed by atoms with Gasteiger partial charge in [0.2, 0.25) is 0 Å². The third-order valence-electron chi connectivity index (χ3n) is 1.74. The van der Waals surface area contributed by atoms with E-state index in [4.69, 9.17) is 20.4 Å². The standard InChI is InChI=1S/C7H17NO5.HI/c1-8-2-4(10)6(12)7(13)5(11)3-9;/h4-13H,2-3H2,1H3;1H. The summed E-state index contributed by atoms with van der Waals surface area (Å²) in [7, 11) is 1.57. The molecule has 6 nitrogen and oxygen atoms in total. The minimum atomic E-state index is -1.55. The Morgan fingerprint density at radius 1 is 1.00 bits per heavy atom. The summed E-state index contributed by atoms with van der Waals surface area (Å²) in [5.41, 5.74) is 0. The summed E-state index contributed by atoms with van der Waals surface area (Å²) >= 11 is 0. The van der Waals surface area contributed by atoms with E-state index in [0.717, 1.165) is 0 Å². The Morgan fingerprint density at radius 2 is 1.43 bits per heavy atom. The molecular weight excluding hydrogens is 305 g/mol. The van der Waals surface area contributed by atoms with Crippen molar-refractivity contribution in [3.8, 4) is 0 Å². The first-order chi connectivity index (χ1) is 6.04. The van der Waals surface area contributed by atoms with Gasteiger partial charge in [-0.25, -0.2) is 0 Å². The van der Waals surface area contributed by atoms with E-state index >= 15 is 0 Å². The van der Waals surface area contributed by atoms with Crippen LogP contribution in [0.15, 0.2) is 0 Å². The molecule has 0 aliphatic carbocycles. The molecule has 0 amide bonds. The van der Waals surface area contributed by atoms with Gasteiger partial charge in [-0.3, -0.25) is 0 Å². The smallest absolute Gasteiger partial charge is 0.111 e. The lowest BCUT2D eigenvalue weighted by Gasteiger charge is -2.25. The van der Waals surface area contributed by atoms with Gasteiger partial charge in [0.05, 0.1) is 12.7 Å². The highest BCUT2D eigenvalue weighted by atomic mass is 127. The first-order valence-electron chi connectivity index (χ1n) is 4.02. The van der Waals surface area contributed by atoms with Crippen LogP contribution in [0.4, 0.5) is 0 Å². The van der Waals surface area contributed by atoms with Gasteiger partial charge in [-0.2, -0.15) is 0 Å². The first-order valence-corrected chi connectivity index (χ1v) is 4.02. The van der Waals surface area contributed by atoms with Gasteiger partial charge in [0.25, 0.3) is 0 Å². The second-order valence-corrected chi connectivity index (χ2v) is 2.86. The van der Waals surface area contributed by atoms with Crippen LogP contribution in [0.3, 0.4) is 0 Å². The highest BCUT2D eigenvalue weighted by molar-refractivity contribution is 14.0. The fraction of sp³-hybridized carbons (Fsp3) is 1.00. The molecule has 0 radical (unpaired) electrons. The minimum absolute atomic E-state index is 0. The van der Waals surface area contributed by atoms with Crippen molar-refractivity contribution in [3.05, 3.63) is 0 Å². The van der Waals surface area contributed by atoms with Crippen molar-refractivity contribution in [2.24, 2.45) is 0 Å². The van der Waals surface area contributed by atoms with Gasteiger partial charge in [0.15, 0.2) is 0 Å². The quantitative estimate of drug-likeness (QED) is 0.296. The number of rotatable bonds is 6. The molecule has 0 aliphatic rings. The second kappa shape index (κ2) is 8.77. The molecule has 88 valence electrons. The lowest BCUT2D eigenvalue weighted by Crippen LogP contribution is -2.48. The van der Waals surface area contributed by atoms with Crippen LogP contribution in [0, 0.1) is 0 Å². The van der Waals surface area contributed by atoms with Crippen LogP contribution in [0.1, 0.15) is 0 Å². The molecule has 0 aromatic rings. The molecule has 14 heavy (non-hydrogen) atoms. The molecule has 0 saturated heterocycles. The Kier molecular flexibility index (Phi) is 10.6. The van der Waals surface area contributed by atoms with E-state index < -0.39 is 31.0 Å². The van der Waals surface area contributed by atoms with Crippen molar-refractivity contribution in [2.75, 3.05) is 20.2 Å². The van der Waals surface area contributed by atoms with Gasteiger partial charge in [-0.05, 0) is 7.05 Å². The zero-order valence-corrected chi connectivity index (χ0v) is 10.2. The largest absolute Gasteiger partial charge is 0.394 e. The minimum Gasteiger partial charge on any atom is -0.394 e. The van der Waals surface area contributed by atoms with Crippen molar-refractivity contribution in [1.29, 1.82) is 0 Å². The van der Waals surface area contributed by atoms with Gasteiger partial charge in [0, 0.05) is 6.54 Å². The van der Waals surface area contributed by atoms with Gasteiger partial charge < -0.3 is 30.8 Å². The molecule has 0 aromatic heterocycles. The lowest BCUT2D eigenvalue weighted by molar-refractivity contribution is -0.113. The predicted molar refractivity (Wildman–Crippen MR) is 60.5 cm³/mol. The monoisotopic (exact) mass is 323 g/mol. The van der Waals surface area contributed by atoms with E-state index in [2.05, 4.69) is 5.32 Å². The van der Waals surface area contributed by atoms with Gasteiger partial charge >= 0.3 is 0 Å². The molecule has 4 atom stereocenters. The highest BCUT2D eigenvalue weighted by Gasteiger charge is 2.29. The summed E-state index contributed by atoms with van der Waals surface area (Å²) in [6.45, 7) is -0.569. The Balaban J connectivity index is 0. The molecule has 0 spiro atoms. The van der Waals surface area contributed by atoms with Crippen LogP contribution in [0.2, 0.25) is 0 Å². The Morgan fingerprint density at radius 3 is 1.79 bits per heavy atom. The average molecular weight is 323 g/mol. The highest BCUT2D eigenvalue weighted by Crippen LogP contribution is 2.04. The maximum atomic E-state index is 9.21. The molecule has 0 aromatic carbocycles. The topological polar surface area (TPSA) is 113 Å². The normalized spacial score (nSPS) is 19.3. The van der Waals surface area contributed by atoms with Crippen LogP contribution >= 0.6 is 24.0 Å². The number of aliphatic hydroxyl groups excluding tert-OH is 5. The van der Waals surface area contributed by atoms with E-state index in [0.29, 0.717) is 0 Å². The van der Waals surface area contributed by atoms with Crippen LogP contribution < -0.4 is 5.32 Å². The van der Waals surface area contributed by atoms with Gasteiger partial charge in [-0.1, -0.05) is 0 Å². The maximum absolute atomic E-state index is 9.21. The summed E-state index contributed by atoms with van der Waals surface area (Å²) < 4.78 is 0. The van der Waals surface area contributed by atoms with Crippen molar-refractivity contribution in [2.45, 2.75) is 24.4 Å². The maximum Gasteiger partial charge on any atom is 0.111 e. The second-order valence-electron chi connectivity index (χ2n) is 2.86. The molecule has 0 fully saturated rings. The van der Waals surface area contributed by atoms with Crippen LogP contribution in [0.25, 0.3) is 0 Å². The van der Waals surface area contributed by atoms with E-state index in [1.165, 1.54) is 0 Å². The molecule has 4 unspecified atom stereocenters. The summed E-state index contributed by atoms with van der Waals surface area (Å²) in [6.07, 6.45) is -5.65. The van der Waals surface area contributed by atoms with E-state index in [1.807, 2.05) is 0 Å². The predicted octanol–water partition coefficient (Wildman–Crippen LogP) is -2.74. The molecule has 6 N–H and O–H groups in total. The van der Waals surface area contributed by atoms with Crippen LogP contribution in [0.5, 0.6) is 0 Å². The third-order valence-corrected chi connectivity index (χ3v) is 1.74. The third kappa shape index (κ3) is 5.39. The van der Waals surface area contributed by atoms with Crippen molar-refractivity contribution >= 4 is 24.0 Å². The molecule has 0 saturated carbocycles. The first kappa shape index (κ1) is 16.9. The number of nitrogens with one attached hydrogen (secondary N) is 1. The molecule has 0 heterocycles. The molecule has 0 aliphatic heterocycles. The molecule has 0 bridgehead atoms. The zero-order valence-electron chi connectivity index (χ0n) is 7.87. The van der Waals surface area contributed by atoms with Crippen molar-refractivity contribution < 1.29 is 25.5 Å². The molecule has 7 heteroatoms. The fourth-order valence-corrected chi connectivity index (χ4v) is 0.893. The molecular formula is C7H18INO5. The van der Waals surface area contributed by atoms with E-state index in [1.54, 1.807) is 7.05 Å². The van der Waals surface area contributed by atoms with Gasteiger partial charge in [-0.15, -0.1) is 24.0 Å². The fourth-order valence-electron chi connectivity index (χ4n) is 0.893. The Bertz CT molecular complexity index is 139. The zero-order chi connectivity index (χ0) is 10.4. The summed E-state index contributed by atoms with van der Waals surface area (Å²) in [4.78, 5) is 0. The number of halogens is 1. The lowest BCUT2D eigenvalue weighted by atomic mass is 10.0. The summed E-state index contributed by atoms with van der Waals surface area (Å²) in [5.74, 6) is 0. The van der Waals surface area contributed by atoms with Gasteiger partial charge in [0.1, 0.15) is 18.3 Å². The summed E-state index contributed by atoms with van der Waals surface area (Å²) in [6, 6.07) is 0. The Labute approximate surface area is 99.6 Å². The van der Waals surface area contributed by atoms with E-state index in [-0.39, 0.29) is 30.5 Å². The van der Waals surface area contributed by atoms with Crippen LogP contribution in [-0.4, -0.2) is 70.1 Å². The average Bonchev–Trinajstić information content (AvgIpc) is 2.14. The number of hydrogen-bond donors (Lipinski definition) is 6.